The van der Waals surface area contributed by atoms with Gasteiger partial charge in [-0.05, 0) is 50.1 Å². The molecule has 0 unspecified atom stereocenters. The number of hydrogen-bond acceptors (Lipinski definition) is 4. The van der Waals surface area contributed by atoms with Crippen molar-refractivity contribution in [3.05, 3.63) is 33.3 Å². The van der Waals surface area contributed by atoms with Crippen molar-refractivity contribution in [3.8, 4) is 11.5 Å². The van der Waals surface area contributed by atoms with Crippen molar-refractivity contribution in [1.82, 2.24) is 9.78 Å². The zero-order valence-electron chi connectivity index (χ0n) is 11.0. The van der Waals surface area contributed by atoms with Gasteiger partial charge in [0.05, 0.1) is 22.7 Å². The molecule has 0 spiro atoms. The maximum atomic E-state index is 5.74. The van der Waals surface area contributed by atoms with Gasteiger partial charge in [-0.1, -0.05) is 0 Å². The highest BCUT2D eigenvalue weighted by atomic mass is 79.9. The smallest absolute Gasteiger partial charge is 0.145 e. The summed E-state index contributed by atoms with van der Waals surface area (Å²) in [5, 5.41) is 4.12. The van der Waals surface area contributed by atoms with E-state index in [-0.39, 0.29) is 0 Å². The Hall–Kier alpha value is -1.21. The lowest BCUT2D eigenvalue weighted by molar-refractivity contribution is 0.296. The van der Waals surface area contributed by atoms with Gasteiger partial charge in [-0.15, -0.1) is 0 Å². The van der Waals surface area contributed by atoms with Crippen molar-refractivity contribution in [2.24, 2.45) is 0 Å². The molecule has 2 rings (SSSR count). The third kappa shape index (κ3) is 3.89. The molecule has 0 saturated carbocycles. The number of ether oxygens (including phenoxy) is 2. The van der Waals surface area contributed by atoms with E-state index in [2.05, 4.69) is 37.0 Å². The summed E-state index contributed by atoms with van der Waals surface area (Å²) in [5.74, 6) is 2.07. The molecule has 1 aromatic carbocycles. The zero-order valence-corrected chi connectivity index (χ0v) is 14.1. The normalized spacial score (nSPS) is 10.6. The lowest BCUT2D eigenvalue weighted by atomic mass is 10.3. The van der Waals surface area contributed by atoms with Crippen LogP contribution in [0.15, 0.2) is 33.3 Å². The Labute approximate surface area is 134 Å². The van der Waals surface area contributed by atoms with Crippen molar-refractivity contribution >= 4 is 37.7 Å². The molecule has 0 aliphatic carbocycles. The fourth-order valence-corrected chi connectivity index (χ4v) is 2.61. The largest absolute Gasteiger partial charge is 0.496 e. The first kappa shape index (κ1) is 15.2. The quantitative estimate of drug-likeness (QED) is 0.748. The predicted octanol–water partition coefficient (Wildman–Crippen LogP) is 3.47. The van der Waals surface area contributed by atoms with Crippen molar-refractivity contribution < 1.29 is 9.47 Å². The van der Waals surface area contributed by atoms with Crippen molar-refractivity contribution in [1.29, 1.82) is 0 Å². The van der Waals surface area contributed by atoms with Gasteiger partial charge in [0.15, 0.2) is 0 Å². The Morgan fingerprint density at radius 3 is 2.60 bits per heavy atom. The molecule has 2 N–H and O–H groups in total. The lowest BCUT2D eigenvalue weighted by Gasteiger charge is -2.11. The van der Waals surface area contributed by atoms with Crippen LogP contribution >= 0.6 is 31.9 Å². The van der Waals surface area contributed by atoms with E-state index in [0.29, 0.717) is 12.4 Å². The van der Waals surface area contributed by atoms with Crippen LogP contribution in [-0.2, 0) is 6.54 Å². The van der Waals surface area contributed by atoms with E-state index < -0.39 is 0 Å². The molecule has 108 valence electrons. The van der Waals surface area contributed by atoms with Crippen molar-refractivity contribution in [2.75, 3.05) is 19.5 Å². The summed E-state index contributed by atoms with van der Waals surface area (Å²) in [4.78, 5) is 0. The number of nitrogens with two attached hydrogens (primary N) is 1. The molecule has 0 saturated heterocycles. The number of benzene rings is 1. The Kier molecular flexibility index (Phi) is 5.31. The first-order chi connectivity index (χ1) is 9.60. The summed E-state index contributed by atoms with van der Waals surface area (Å²) in [6.07, 6.45) is 2.70. The summed E-state index contributed by atoms with van der Waals surface area (Å²) in [5.41, 5.74) is 5.55. The van der Waals surface area contributed by atoms with Gasteiger partial charge < -0.3 is 15.2 Å². The van der Waals surface area contributed by atoms with Crippen LogP contribution in [0, 0.1) is 0 Å². The first-order valence-electron chi connectivity index (χ1n) is 6.05. The number of aromatic nitrogens is 2. The fourth-order valence-electron chi connectivity index (χ4n) is 1.69. The molecular weight excluding hydrogens is 390 g/mol. The number of halogens is 2. The van der Waals surface area contributed by atoms with E-state index in [1.165, 1.54) is 0 Å². The molecule has 0 radical (unpaired) electrons. The standard InChI is InChI=1S/C13H15Br2N3O2/c1-19-11-7-10(15)12(8-9(11)14)20-6-2-4-18-5-3-13(16)17-18/h3,5,7-8H,2,4,6H2,1H3,(H2,16,17). The van der Waals surface area contributed by atoms with Crippen molar-refractivity contribution in [3.63, 3.8) is 0 Å². The Bertz CT molecular complexity index is 587. The van der Waals surface area contributed by atoms with E-state index in [1.807, 2.05) is 18.3 Å². The van der Waals surface area contributed by atoms with Crippen LogP contribution in [0.5, 0.6) is 11.5 Å². The third-order valence-electron chi connectivity index (χ3n) is 2.66. The number of rotatable bonds is 6. The molecule has 0 fully saturated rings. The minimum atomic E-state index is 0.535. The second kappa shape index (κ2) is 6.99. The van der Waals surface area contributed by atoms with Gasteiger partial charge in [0.25, 0.3) is 0 Å². The molecule has 0 aliphatic heterocycles. The Balaban J connectivity index is 1.86. The topological polar surface area (TPSA) is 62.3 Å². The molecule has 1 aromatic heterocycles. The van der Waals surface area contributed by atoms with E-state index >= 15 is 0 Å². The molecule has 0 amide bonds. The summed E-state index contributed by atoms with van der Waals surface area (Å²) >= 11 is 6.90. The van der Waals surface area contributed by atoms with Crippen LogP contribution in [0.25, 0.3) is 0 Å². The number of hydrogen-bond donors (Lipinski definition) is 1. The van der Waals surface area contributed by atoms with Gasteiger partial charge in [-0.3, -0.25) is 4.68 Å². The average molecular weight is 405 g/mol. The minimum absolute atomic E-state index is 0.535. The number of aryl methyl sites for hydroxylation is 1. The number of methoxy groups -OCH3 is 1. The van der Waals surface area contributed by atoms with E-state index in [0.717, 1.165) is 33.4 Å². The summed E-state index contributed by atoms with van der Waals surface area (Å²) in [7, 11) is 1.63. The molecule has 20 heavy (non-hydrogen) atoms. The highest BCUT2D eigenvalue weighted by Crippen LogP contribution is 2.35. The van der Waals surface area contributed by atoms with Gasteiger partial charge in [0.1, 0.15) is 17.3 Å². The second-order valence-corrected chi connectivity index (χ2v) is 5.83. The maximum absolute atomic E-state index is 5.74. The summed E-state index contributed by atoms with van der Waals surface area (Å²) in [6.45, 7) is 1.36. The second-order valence-electron chi connectivity index (χ2n) is 4.12. The maximum Gasteiger partial charge on any atom is 0.145 e. The molecule has 0 atom stereocenters. The molecular formula is C13H15Br2N3O2. The molecule has 0 bridgehead atoms. The molecule has 5 nitrogen and oxygen atoms in total. The van der Waals surface area contributed by atoms with E-state index in [4.69, 9.17) is 15.2 Å². The molecule has 7 heteroatoms. The minimum Gasteiger partial charge on any atom is -0.496 e. The van der Waals surface area contributed by atoms with Crippen LogP contribution in [0.3, 0.4) is 0 Å². The fraction of sp³-hybridized carbons (Fsp3) is 0.308. The number of nitrogens with zero attached hydrogens (tertiary/aromatic N) is 2. The summed E-state index contributed by atoms with van der Waals surface area (Å²) < 4.78 is 14.5. The lowest BCUT2D eigenvalue weighted by Crippen LogP contribution is -2.05. The Morgan fingerprint density at radius 1 is 1.25 bits per heavy atom. The molecule has 2 aromatic rings. The van der Waals surface area contributed by atoms with Crippen molar-refractivity contribution in [2.45, 2.75) is 13.0 Å². The van der Waals surface area contributed by atoms with Gasteiger partial charge >= 0.3 is 0 Å². The van der Waals surface area contributed by atoms with Gasteiger partial charge in [-0.2, -0.15) is 5.10 Å². The monoisotopic (exact) mass is 403 g/mol. The zero-order chi connectivity index (χ0) is 14.5. The highest BCUT2D eigenvalue weighted by Gasteiger charge is 2.08. The van der Waals surface area contributed by atoms with E-state index in [1.54, 1.807) is 17.9 Å². The van der Waals surface area contributed by atoms with Crippen LogP contribution in [0.4, 0.5) is 5.82 Å². The average Bonchev–Trinajstić information content (AvgIpc) is 2.83. The van der Waals surface area contributed by atoms with E-state index in [9.17, 15) is 0 Å². The van der Waals surface area contributed by atoms with Gasteiger partial charge in [-0.25, -0.2) is 0 Å². The summed E-state index contributed by atoms with van der Waals surface area (Å²) in [6, 6.07) is 5.53. The SMILES string of the molecule is COc1cc(Br)c(OCCCn2ccc(N)n2)cc1Br. The predicted molar refractivity (Wildman–Crippen MR) is 85.1 cm³/mol. The highest BCUT2D eigenvalue weighted by molar-refractivity contribution is 9.11. The van der Waals surface area contributed by atoms with Crippen LogP contribution in [0.1, 0.15) is 6.42 Å². The van der Waals surface area contributed by atoms with Gasteiger partial charge in [0, 0.05) is 19.2 Å². The Morgan fingerprint density at radius 2 is 1.95 bits per heavy atom. The molecule has 0 aliphatic rings. The van der Waals surface area contributed by atoms with Gasteiger partial charge in [0.2, 0.25) is 0 Å². The number of anilines is 1. The number of nitrogen functional groups attached to an aromatic ring is 1. The van der Waals surface area contributed by atoms with Crippen LogP contribution in [-0.4, -0.2) is 23.5 Å². The molecule has 1 heterocycles. The van der Waals surface area contributed by atoms with Crippen LogP contribution < -0.4 is 15.2 Å². The first-order valence-corrected chi connectivity index (χ1v) is 7.63. The third-order valence-corrected chi connectivity index (χ3v) is 3.90. The van der Waals surface area contributed by atoms with Crippen LogP contribution in [0.2, 0.25) is 0 Å².